The minimum atomic E-state index is -0.487. The number of cyclic esters (lactones) is 1. The van der Waals surface area contributed by atoms with Gasteiger partial charge in [-0.1, -0.05) is 36.7 Å². The maximum atomic E-state index is 11.5. The summed E-state index contributed by atoms with van der Waals surface area (Å²) in [6.45, 7) is 9.78. The van der Waals surface area contributed by atoms with Gasteiger partial charge in [0.2, 0.25) is 0 Å². The van der Waals surface area contributed by atoms with Crippen molar-refractivity contribution in [3.63, 3.8) is 0 Å². The Morgan fingerprint density at radius 3 is 2.50 bits per heavy atom. The molecule has 4 heteroatoms. The molecule has 3 aliphatic rings. The molecule has 3 rings (SSSR count). The molecular weight excluding hydrogens is 320 g/mol. The van der Waals surface area contributed by atoms with Crippen LogP contribution in [-0.2, 0) is 9.47 Å². The Kier molecular flexibility index (Phi) is 3.21. The first-order chi connectivity index (χ1) is 9.20. The van der Waals surface area contributed by atoms with Crippen LogP contribution in [-0.4, -0.2) is 23.2 Å². The van der Waals surface area contributed by atoms with Crippen LogP contribution in [0.25, 0.3) is 0 Å². The Morgan fingerprint density at radius 2 is 1.80 bits per heavy atom. The average molecular weight is 345 g/mol. The lowest BCUT2D eigenvalue weighted by molar-refractivity contribution is -0.213. The lowest BCUT2D eigenvalue weighted by Gasteiger charge is -2.63. The molecule has 114 valence electrons. The van der Waals surface area contributed by atoms with E-state index in [-0.39, 0.29) is 16.4 Å². The van der Waals surface area contributed by atoms with Crippen molar-refractivity contribution in [3.8, 4) is 0 Å². The van der Waals surface area contributed by atoms with Crippen molar-refractivity contribution in [2.45, 2.75) is 63.8 Å². The highest BCUT2D eigenvalue weighted by Gasteiger charge is 2.63. The lowest BCUT2D eigenvalue weighted by Crippen LogP contribution is -2.63. The first-order valence-corrected chi connectivity index (χ1v) is 8.61. The minimum absolute atomic E-state index is 0.196. The van der Waals surface area contributed by atoms with E-state index in [0.29, 0.717) is 23.3 Å². The van der Waals surface area contributed by atoms with Gasteiger partial charge in [-0.25, -0.2) is 4.79 Å². The number of alkyl halides is 1. The largest absolute Gasteiger partial charge is 0.508 e. The highest BCUT2D eigenvalue weighted by atomic mass is 79.9. The van der Waals surface area contributed by atoms with Gasteiger partial charge < -0.3 is 9.47 Å². The molecular formula is C16H25BrO3. The van der Waals surface area contributed by atoms with Gasteiger partial charge in [-0.15, -0.1) is 0 Å². The third-order valence-electron chi connectivity index (χ3n) is 6.58. The van der Waals surface area contributed by atoms with Crippen LogP contribution < -0.4 is 0 Å². The summed E-state index contributed by atoms with van der Waals surface area (Å²) in [5.41, 5.74) is 0.132. The second kappa shape index (κ2) is 4.37. The molecule has 2 saturated carbocycles. The fourth-order valence-corrected chi connectivity index (χ4v) is 5.88. The van der Waals surface area contributed by atoms with Crippen LogP contribution in [0.15, 0.2) is 0 Å². The van der Waals surface area contributed by atoms with Crippen molar-refractivity contribution in [3.05, 3.63) is 0 Å². The van der Waals surface area contributed by atoms with Gasteiger partial charge in [0.25, 0.3) is 0 Å². The summed E-state index contributed by atoms with van der Waals surface area (Å²) in [7, 11) is 0. The van der Waals surface area contributed by atoms with Gasteiger partial charge in [0.15, 0.2) is 0 Å². The van der Waals surface area contributed by atoms with E-state index in [1.165, 1.54) is 12.8 Å². The lowest BCUT2D eigenvalue weighted by atomic mass is 9.45. The molecule has 0 aromatic heterocycles. The SMILES string of the molecule is CC1(C)[C@H]2CC[C@]3(C)OC(=O)OC[C@@H]3[C@@]2(C)CC[C@@H]1Br. The molecule has 2 aliphatic carbocycles. The fourth-order valence-electron chi connectivity index (χ4n) is 5.33. The number of fused-ring (bicyclic) bond motifs is 3. The van der Waals surface area contributed by atoms with E-state index in [9.17, 15) is 4.79 Å². The number of hydrogen-bond acceptors (Lipinski definition) is 3. The molecule has 0 aromatic rings. The second-order valence-corrected chi connectivity index (χ2v) is 9.06. The Bertz CT molecular complexity index is 435. The molecule has 1 aliphatic heterocycles. The Hall–Kier alpha value is -0.250. The van der Waals surface area contributed by atoms with Crippen LogP contribution in [0.5, 0.6) is 0 Å². The zero-order valence-corrected chi connectivity index (χ0v) is 14.5. The molecule has 0 radical (unpaired) electrons. The number of halogens is 1. The van der Waals surface area contributed by atoms with E-state index >= 15 is 0 Å². The van der Waals surface area contributed by atoms with Gasteiger partial charge in [-0.2, -0.15) is 0 Å². The Balaban J connectivity index is 1.97. The molecule has 1 heterocycles. The van der Waals surface area contributed by atoms with Crippen LogP contribution in [0.4, 0.5) is 4.79 Å². The average Bonchev–Trinajstić information content (AvgIpc) is 2.33. The zero-order valence-electron chi connectivity index (χ0n) is 12.9. The minimum Gasteiger partial charge on any atom is -0.434 e. The summed E-state index contributed by atoms with van der Waals surface area (Å²) in [6, 6.07) is 0. The quantitative estimate of drug-likeness (QED) is 0.478. The molecule has 0 amide bonds. The molecule has 0 unspecified atom stereocenters. The van der Waals surface area contributed by atoms with Crippen LogP contribution in [0.1, 0.15) is 53.4 Å². The van der Waals surface area contributed by atoms with Crippen molar-refractivity contribution in [2.75, 3.05) is 6.61 Å². The van der Waals surface area contributed by atoms with Gasteiger partial charge in [0.05, 0.1) is 0 Å². The maximum Gasteiger partial charge on any atom is 0.508 e. The first-order valence-electron chi connectivity index (χ1n) is 7.70. The van der Waals surface area contributed by atoms with Crippen LogP contribution >= 0.6 is 15.9 Å². The van der Waals surface area contributed by atoms with Gasteiger partial charge in [0.1, 0.15) is 12.2 Å². The molecule has 0 aromatic carbocycles. The van der Waals surface area contributed by atoms with E-state index < -0.39 is 6.16 Å². The van der Waals surface area contributed by atoms with Crippen molar-refractivity contribution in [1.82, 2.24) is 0 Å². The predicted molar refractivity (Wildman–Crippen MR) is 80.9 cm³/mol. The molecule has 0 spiro atoms. The van der Waals surface area contributed by atoms with E-state index in [2.05, 4.69) is 43.6 Å². The van der Waals surface area contributed by atoms with Crippen molar-refractivity contribution in [2.24, 2.45) is 22.7 Å². The number of carbonyl (C=O) groups is 1. The van der Waals surface area contributed by atoms with Crippen LogP contribution in [0, 0.1) is 22.7 Å². The molecule has 3 fully saturated rings. The molecule has 0 N–H and O–H groups in total. The van der Waals surface area contributed by atoms with E-state index in [1.807, 2.05) is 0 Å². The van der Waals surface area contributed by atoms with E-state index in [4.69, 9.17) is 9.47 Å². The zero-order chi connectivity index (χ0) is 14.8. The predicted octanol–water partition coefficient (Wildman–Crippen LogP) is 4.53. The summed E-state index contributed by atoms with van der Waals surface area (Å²) < 4.78 is 10.9. The Labute approximate surface area is 129 Å². The monoisotopic (exact) mass is 344 g/mol. The number of carbonyl (C=O) groups excluding carboxylic acids is 1. The van der Waals surface area contributed by atoms with Gasteiger partial charge in [-0.3, -0.25) is 0 Å². The van der Waals surface area contributed by atoms with Gasteiger partial charge >= 0.3 is 6.16 Å². The molecule has 3 nitrogen and oxygen atoms in total. The standard InChI is InChI=1S/C16H25BrO3/c1-14(2)10-5-8-16(4)11(9-19-13(18)20-16)15(10,3)7-6-12(14)17/h10-12H,5-9H2,1-4H3/t10-,11-,12+,15+,16+/m1/s1. The van der Waals surface area contributed by atoms with Gasteiger partial charge in [-0.05, 0) is 49.4 Å². The van der Waals surface area contributed by atoms with Gasteiger partial charge in [0, 0.05) is 10.7 Å². The van der Waals surface area contributed by atoms with Crippen LogP contribution in [0.3, 0.4) is 0 Å². The summed E-state index contributed by atoms with van der Waals surface area (Å²) in [4.78, 5) is 12.1. The third-order valence-corrected chi connectivity index (χ3v) is 8.22. The van der Waals surface area contributed by atoms with Crippen LogP contribution in [0.2, 0.25) is 0 Å². The third kappa shape index (κ3) is 1.86. The number of ether oxygens (including phenoxy) is 2. The number of rotatable bonds is 0. The summed E-state index contributed by atoms with van der Waals surface area (Å²) in [6.07, 6.45) is 3.96. The Morgan fingerprint density at radius 1 is 1.10 bits per heavy atom. The number of hydrogen-bond donors (Lipinski definition) is 0. The molecule has 0 bridgehead atoms. The van der Waals surface area contributed by atoms with Crippen molar-refractivity contribution in [1.29, 1.82) is 0 Å². The fraction of sp³-hybridized carbons (Fsp3) is 0.938. The highest BCUT2D eigenvalue weighted by molar-refractivity contribution is 9.09. The smallest absolute Gasteiger partial charge is 0.434 e. The van der Waals surface area contributed by atoms with E-state index in [0.717, 1.165) is 12.8 Å². The van der Waals surface area contributed by atoms with Crippen molar-refractivity contribution < 1.29 is 14.3 Å². The summed E-state index contributed by atoms with van der Waals surface area (Å²) >= 11 is 3.89. The normalized spacial score (nSPS) is 50.5. The summed E-state index contributed by atoms with van der Waals surface area (Å²) in [5.74, 6) is 0.956. The summed E-state index contributed by atoms with van der Waals surface area (Å²) in [5, 5.41) is 0. The molecule has 20 heavy (non-hydrogen) atoms. The highest BCUT2D eigenvalue weighted by Crippen LogP contribution is 2.64. The van der Waals surface area contributed by atoms with Crippen molar-refractivity contribution >= 4 is 22.1 Å². The first kappa shape index (κ1) is 14.7. The topological polar surface area (TPSA) is 35.5 Å². The second-order valence-electron chi connectivity index (χ2n) is 7.95. The molecule has 5 atom stereocenters. The maximum absolute atomic E-state index is 11.5. The molecule has 1 saturated heterocycles. The van der Waals surface area contributed by atoms with E-state index in [1.54, 1.807) is 0 Å².